The Morgan fingerprint density at radius 3 is 2.49 bits per heavy atom. The van der Waals surface area contributed by atoms with Gasteiger partial charge in [0.05, 0.1) is 28.3 Å². The molecular weight excluding hydrogens is 504 g/mol. The molecule has 1 saturated carbocycles. The molecule has 4 unspecified atom stereocenters. The first-order valence-electron chi connectivity index (χ1n) is 11.4. The number of aryl methyl sites for hydroxylation is 1. The number of ether oxygens (including phenoxy) is 1. The van der Waals surface area contributed by atoms with Gasteiger partial charge in [0.1, 0.15) is 11.8 Å². The van der Waals surface area contributed by atoms with Crippen molar-refractivity contribution in [2.24, 2.45) is 17.6 Å². The van der Waals surface area contributed by atoms with Crippen LogP contribution in [0.5, 0.6) is 5.75 Å². The van der Waals surface area contributed by atoms with E-state index in [4.69, 9.17) is 22.1 Å². The first-order valence-corrected chi connectivity index (χ1v) is 13.5. The summed E-state index contributed by atoms with van der Waals surface area (Å²) < 4.78 is 5.94. The van der Waals surface area contributed by atoms with Crippen LogP contribution in [0.2, 0.25) is 4.34 Å². The van der Waals surface area contributed by atoms with Crippen molar-refractivity contribution in [1.29, 1.82) is 0 Å². The van der Waals surface area contributed by atoms with Gasteiger partial charge in [-0.3, -0.25) is 14.4 Å². The van der Waals surface area contributed by atoms with Gasteiger partial charge in [0, 0.05) is 16.7 Å². The molecule has 2 fully saturated rings. The van der Waals surface area contributed by atoms with Crippen molar-refractivity contribution >= 4 is 51.9 Å². The standard InChI is InChI=1S/C26H25ClN2O4S2/c1-13-10-11-34-24(13)21-20(23(30)17-8-9-18(27)35-17)19(15-4-3-5-16(12-15)33-2)22(25(28)31)29(21)26(32)14-6-7-14/h3-5,8-12,14,19-22H,6-7H2,1-2H3,(H2,28,31). The highest BCUT2D eigenvalue weighted by Crippen LogP contribution is 2.54. The summed E-state index contributed by atoms with van der Waals surface area (Å²) in [5.41, 5.74) is 7.73. The Balaban J connectivity index is 1.75. The molecular formula is C26H25ClN2O4S2. The molecule has 4 atom stereocenters. The summed E-state index contributed by atoms with van der Waals surface area (Å²) in [4.78, 5) is 44.0. The lowest BCUT2D eigenvalue weighted by atomic mass is 9.78. The lowest BCUT2D eigenvalue weighted by Gasteiger charge is -2.30. The molecule has 3 aromatic rings. The molecule has 0 spiro atoms. The van der Waals surface area contributed by atoms with Crippen molar-refractivity contribution in [2.45, 2.75) is 37.8 Å². The Labute approximate surface area is 216 Å². The van der Waals surface area contributed by atoms with Crippen LogP contribution in [0.1, 0.15) is 50.5 Å². The van der Waals surface area contributed by atoms with Crippen LogP contribution in [-0.4, -0.2) is 35.6 Å². The fourth-order valence-corrected chi connectivity index (χ4v) is 7.28. The molecule has 0 radical (unpaired) electrons. The predicted molar refractivity (Wildman–Crippen MR) is 137 cm³/mol. The van der Waals surface area contributed by atoms with Crippen molar-refractivity contribution in [2.75, 3.05) is 7.11 Å². The van der Waals surface area contributed by atoms with E-state index >= 15 is 0 Å². The number of nitrogens with zero attached hydrogens (tertiary/aromatic N) is 1. The van der Waals surface area contributed by atoms with Gasteiger partial charge in [-0.2, -0.15) is 0 Å². The van der Waals surface area contributed by atoms with Crippen LogP contribution in [0.3, 0.4) is 0 Å². The minimum Gasteiger partial charge on any atom is -0.497 e. The summed E-state index contributed by atoms with van der Waals surface area (Å²) in [5, 5.41) is 1.95. The second-order valence-corrected chi connectivity index (χ2v) is 11.7. The largest absolute Gasteiger partial charge is 0.497 e. The number of hydrogen-bond acceptors (Lipinski definition) is 6. The van der Waals surface area contributed by atoms with Gasteiger partial charge in [0.25, 0.3) is 0 Å². The second-order valence-electron chi connectivity index (χ2n) is 9.08. The van der Waals surface area contributed by atoms with E-state index in [1.54, 1.807) is 24.1 Å². The number of halogens is 1. The van der Waals surface area contributed by atoms with E-state index < -0.39 is 29.8 Å². The van der Waals surface area contributed by atoms with E-state index in [2.05, 4.69) is 0 Å². The Hall–Kier alpha value is -2.68. The molecule has 9 heteroatoms. The number of carbonyl (C=O) groups excluding carboxylic acids is 3. The quantitative estimate of drug-likeness (QED) is 0.426. The first kappa shape index (κ1) is 24.0. The van der Waals surface area contributed by atoms with Crippen LogP contribution in [0.15, 0.2) is 47.8 Å². The average molecular weight is 529 g/mol. The third kappa shape index (κ3) is 4.28. The smallest absolute Gasteiger partial charge is 0.240 e. The van der Waals surface area contributed by atoms with E-state index in [1.807, 2.05) is 42.6 Å². The maximum atomic E-state index is 14.2. The number of thiophene rings is 2. The predicted octanol–water partition coefficient (Wildman–Crippen LogP) is 5.21. The zero-order chi connectivity index (χ0) is 24.9. The lowest BCUT2D eigenvalue weighted by molar-refractivity contribution is -0.140. The summed E-state index contributed by atoms with van der Waals surface area (Å²) in [6.45, 7) is 1.97. The number of rotatable bonds is 7. The molecule has 1 aromatic carbocycles. The summed E-state index contributed by atoms with van der Waals surface area (Å²) in [6, 6.07) is 11.1. The summed E-state index contributed by atoms with van der Waals surface area (Å²) in [7, 11) is 1.57. The van der Waals surface area contributed by atoms with Gasteiger partial charge in [0.2, 0.25) is 11.8 Å². The molecule has 5 rings (SSSR count). The highest BCUT2D eigenvalue weighted by Gasteiger charge is 2.59. The minimum atomic E-state index is -0.967. The highest BCUT2D eigenvalue weighted by atomic mass is 35.5. The molecule has 2 N–H and O–H groups in total. The van der Waals surface area contributed by atoms with Crippen LogP contribution >= 0.6 is 34.3 Å². The van der Waals surface area contributed by atoms with Crippen molar-refractivity contribution in [3.63, 3.8) is 0 Å². The number of ketones is 1. The van der Waals surface area contributed by atoms with Crippen LogP contribution in [-0.2, 0) is 9.59 Å². The van der Waals surface area contributed by atoms with Gasteiger partial charge in [-0.1, -0.05) is 23.7 Å². The molecule has 2 aliphatic rings. The van der Waals surface area contributed by atoms with Crippen LogP contribution in [0, 0.1) is 18.8 Å². The molecule has 182 valence electrons. The van der Waals surface area contributed by atoms with E-state index in [1.165, 1.54) is 22.7 Å². The Bertz CT molecular complexity index is 1300. The van der Waals surface area contributed by atoms with Crippen LogP contribution in [0.25, 0.3) is 0 Å². The summed E-state index contributed by atoms with van der Waals surface area (Å²) in [5.74, 6) is -1.77. The zero-order valence-corrected chi connectivity index (χ0v) is 21.7. The van der Waals surface area contributed by atoms with Gasteiger partial charge < -0.3 is 15.4 Å². The number of Topliss-reactive ketones (excluding diaryl/α,β-unsaturated/α-hetero) is 1. The minimum absolute atomic E-state index is 0.112. The Kier molecular flexibility index (Phi) is 6.46. The number of nitrogens with two attached hydrogens (primary N) is 1. The number of primary amides is 1. The number of benzene rings is 1. The van der Waals surface area contributed by atoms with E-state index in [9.17, 15) is 14.4 Å². The molecule has 0 bridgehead atoms. The number of methoxy groups -OCH3 is 1. The first-order chi connectivity index (χ1) is 16.8. The number of likely N-dealkylation sites (tertiary alicyclic amines) is 1. The van der Waals surface area contributed by atoms with Crippen molar-refractivity contribution in [3.05, 3.63) is 73.1 Å². The molecule has 2 amide bonds. The maximum Gasteiger partial charge on any atom is 0.240 e. The van der Waals surface area contributed by atoms with Gasteiger partial charge in [-0.25, -0.2) is 0 Å². The normalized spacial score (nSPS) is 23.9. The van der Waals surface area contributed by atoms with E-state index in [-0.39, 0.29) is 17.6 Å². The third-order valence-corrected chi connectivity index (χ3v) is 9.24. The molecule has 1 aliphatic carbocycles. The lowest BCUT2D eigenvalue weighted by Crippen LogP contribution is -2.47. The second kappa shape index (κ2) is 9.41. The fourth-order valence-electron chi connectivity index (χ4n) is 5.17. The number of amides is 2. The summed E-state index contributed by atoms with van der Waals surface area (Å²) in [6.07, 6.45) is 1.56. The molecule has 6 nitrogen and oxygen atoms in total. The van der Waals surface area contributed by atoms with Crippen molar-refractivity contribution in [3.8, 4) is 5.75 Å². The van der Waals surface area contributed by atoms with Gasteiger partial charge >= 0.3 is 0 Å². The fraction of sp³-hybridized carbons (Fsp3) is 0.346. The van der Waals surface area contributed by atoms with Gasteiger partial charge in [0.15, 0.2) is 5.78 Å². The molecule has 35 heavy (non-hydrogen) atoms. The Morgan fingerprint density at radius 1 is 1.14 bits per heavy atom. The van der Waals surface area contributed by atoms with E-state index in [0.29, 0.717) is 15.0 Å². The maximum absolute atomic E-state index is 14.2. The monoisotopic (exact) mass is 528 g/mol. The van der Waals surface area contributed by atoms with Crippen molar-refractivity contribution < 1.29 is 19.1 Å². The van der Waals surface area contributed by atoms with Crippen molar-refractivity contribution in [1.82, 2.24) is 4.90 Å². The highest BCUT2D eigenvalue weighted by molar-refractivity contribution is 7.18. The van der Waals surface area contributed by atoms with Gasteiger partial charge in [-0.05, 0) is 66.6 Å². The summed E-state index contributed by atoms with van der Waals surface area (Å²) >= 11 is 8.89. The third-order valence-electron chi connectivity index (χ3n) is 6.91. The zero-order valence-electron chi connectivity index (χ0n) is 19.3. The van der Waals surface area contributed by atoms with Crippen LogP contribution in [0.4, 0.5) is 0 Å². The van der Waals surface area contributed by atoms with Crippen LogP contribution < -0.4 is 10.5 Å². The SMILES string of the molecule is COc1cccc(C2C(C(=O)c3ccc(Cl)s3)C(c3sccc3C)N(C(=O)C3CC3)C2C(N)=O)c1. The molecule has 1 aliphatic heterocycles. The Morgan fingerprint density at radius 2 is 1.91 bits per heavy atom. The molecule has 2 aromatic heterocycles. The molecule has 1 saturated heterocycles. The van der Waals surface area contributed by atoms with E-state index in [0.717, 1.165) is 28.8 Å². The molecule has 3 heterocycles. The average Bonchev–Trinajstić information content (AvgIpc) is 3.31. The topological polar surface area (TPSA) is 89.7 Å². The number of hydrogen-bond donors (Lipinski definition) is 1. The van der Waals surface area contributed by atoms with Gasteiger partial charge in [-0.15, -0.1) is 22.7 Å². The number of carbonyl (C=O) groups is 3.